The van der Waals surface area contributed by atoms with Gasteiger partial charge in [-0.2, -0.15) is 0 Å². The van der Waals surface area contributed by atoms with Crippen molar-refractivity contribution in [2.24, 2.45) is 5.92 Å². The maximum atomic E-state index is 12.1. The molecule has 1 amide bonds. The molecule has 24 heavy (non-hydrogen) atoms. The van der Waals surface area contributed by atoms with E-state index < -0.39 is 23.7 Å². The molecule has 2 N–H and O–H groups in total. The third-order valence-corrected chi connectivity index (χ3v) is 3.60. The molecule has 0 bridgehead atoms. The van der Waals surface area contributed by atoms with Crippen LogP contribution in [-0.4, -0.2) is 37.4 Å². The molecule has 0 unspecified atom stereocenters. The molecule has 0 saturated heterocycles. The molecular weight excluding hydrogens is 314 g/mol. The lowest BCUT2D eigenvalue weighted by molar-refractivity contribution is -0.140. The van der Waals surface area contributed by atoms with E-state index in [2.05, 4.69) is 5.32 Å². The number of aliphatic carboxylic acids is 1. The summed E-state index contributed by atoms with van der Waals surface area (Å²) >= 11 is 0. The molecule has 7 nitrogen and oxygen atoms in total. The molecule has 7 heteroatoms. The van der Waals surface area contributed by atoms with Gasteiger partial charge in [0.15, 0.2) is 0 Å². The van der Waals surface area contributed by atoms with E-state index in [9.17, 15) is 9.59 Å². The Bertz CT molecular complexity index is 574. The van der Waals surface area contributed by atoms with Crippen LogP contribution >= 0.6 is 0 Å². The van der Waals surface area contributed by atoms with Gasteiger partial charge < -0.3 is 24.6 Å². The van der Waals surface area contributed by atoms with Crippen molar-refractivity contribution in [3.05, 3.63) is 23.8 Å². The summed E-state index contributed by atoms with van der Waals surface area (Å²) < 4.78 is 15.9. The fourth-order valence-corrected chi connectivity index (χ4v) is 2.12. The summed E-state index contributed by atoms with van der Waals surface area (Å²) in [7, 11) is 3.05. The molecule has 1 rings (SSSR count). The Morgan fingerprint density at radius 1 is 1.08 bits per heavy atom. The van der Waals surface area contributed by atoms with Crippen molar-refractivity contribution in [1.82, 2.24) is 5.32 Å². The number of benzene rings is 1. The maximum absolute atomic E-state index is 12.1. The van der Waals surface area contributed by atoms with Crippen molar-refractivity contribution in [2.75, 3.05) is 14.2 Å². The van der Waals surface area contributed by atoms with Crippen LogP contribution in [0, 0.1) is 5.92 Å². The second-order valence-corrected chi connectivity index (χ2v) is 6.21. The molecule has 0 aliphatic carbocycles. The SMILES string of the molecule is COc1cc(OC)cc(C(C)(C)OC(=O)N[C@H](C(=O)O)C(C)C)c1. The highest BCUT2D eigenvalue weighted by Crippen LogP contribution is 2.32. The van der Waals surface area contributed by atoms with Gasteiger partial charge >= 0.3 is 12.1 Å². The molecule has 0 aliphatic rings. The first kappa shape index (κ1) is 19.6. The highest BCUT2D eigenvalue weighted by Gasteiger charge is 2.30. The zero-order chi connectivity index (χ0) is 18.5. The highest BCUT2D eigenvalue weighted by atomic mass is 16.6. The van der Waals surface area contributed by atoms with Crippen molar-refractivity contribution in [2.45, 2.75) is 39.3 Å². The Kier molecular flexibility index (Phi) is 6.45. The monoisotopic (exact) mass is 339 g/mol. The largest absolute Gasteiger partial charge is 0.497 e. The summed E-state index contributed by atoms with van der Waals surface area (Å²) in [5.74, 6) is -0.253. The Hall–Kier alpha value is -2.44. The number of carboxylic acids is 1. The number of alkyl carbamates (subject to hydrolysis) is 1. The predicted molar refractivity (Wildman–Crippen MR) is 88.5 cm³/mol. The second-order valence-electron chi connectivity index (χ2n) is 6.21. The molecular formula is C17H25NO6. The van der Waals surface area contributed by atoms with Crippen molar-refractivity contribution in [1.29, 1.82) is 0 Å². The molecule has 0 fully saturated rings. The predicted octanol–water partition coefficient (Wildman–Crippen LogP) is 2.77. The van der Waals surface area contributed by atoms with Crippen LogP contribution in [0.1, 0.15) is 33.3 Å². The van der Waals surface area contributed by atoms with Crippen molar-refractivity contribution >= 4 is 12.1 Å². The van der Waals surface area contributed by atoms with Gasteiger partial charge in [-0.15, -0.1) is 0 Å². The van der Waals surface area contributed by atoms with Gasteiger partial charge in [-0.3, -0.25) is 0 Å². The Balaban J connectivity index is 2.96. The molecule has 134 valence electrons. The average Bonchev–Trinajstić information content (AvgIpc) is 2.50. The Morgan fingerprint density at radius 2 is 1.58 bits per heavy atom. The van der Waals surface area contributed by atoms with Crippen molar-refractivity contribution in [3.63, 3.8) is 0 Å². The minimum absolute atomic E-state index is 0.268. The van der Waals surface area contributed by atoms with Gasteiger partial charge in [0.25, 0.3) is 0 Å². The summed E-state index contributed by atoms with van der Waals surface area (Å²) in [4.78, 5) is 23.3. The zero-order valence-corrected chi connectivity index (χ0v) is 14.9. The van der Waals surface area contributed by atoms with Crippen LogP contribution in [0.3, 0.4) is 0 Å². The van der Waals surface area contributed by atoms with Gasteiger partial charge in [-0.1, -0.05) is 13.8 Å². The van der Waals surface area contributed by atoms with Gasteiger partial charge in [0.1, 0.15) is 23.1 Å². The quantitative estimate of drug-likeness (QED) is 0.793. The summed E-state index contributed by atoms with van der Waals surface area (Å²) in [6.07, 6.45) is -0.803. The maximum Gasteiger partial charge on any atom is 0.408 e. The van der Waals surface area contributed by atoms with E-state index in [1.165, 1.54) is 14.2 Å². The van der Waals surface area contributed by atoms with Crippen LogP contribution in [0.2, 0.25) is 0 Å². The highest BCUT2D eigenvalue weighted by molar-refractivity contribution is 5.80. The lowest BCUT2D eigenvalue weighted by atomic mass is 9.97. The van der Waals surface area contributed by atoms with E-state index in [1.54, 1.807) is 45.9 Å². The fraction of sp³-hybridized carbons (Fsp3) is 0.529. The van der Waals surface area contributed by atoms with E-state index in [0.717, 1.165) is 0 Å². The topological polar surface area (TPSA) is 94.1 Å². The number of carbonyl (C=O) groups is 2. The summed E-state index contributed by atoms with van der Waals surface area (Å²) in [6.45, 7) is 6.81. The van der Waals surface area contributed by atoms with E-state index in [0.29, 0.717) is 17.1 Å². The minimum atomic E-state index is -1.11. The van der Waals surface area contributed by atoms with Gasteiger partial charge in [-0.25, -0.2) is 9.59 Å². The van der Waals surface area contributed by atoms with Crippen molar-refractivity contribution in [3.8, 4) is 11.5 Å². The first-order valence-electron chi connectivity index (χ1n) is 7.56. The molecule has 1 atom stereocenters. The first-order valence-corrected chi connectivity index (χ1v) is 7.56. The first-order chi connectivity index (χ1) is 11.1. The van der Waals surface area contributed by atoms with E-state index >= 15 is 0 Å². The minimum Gasteiger partial charge on any atom is -0.497 e. The second kappa shape index (κ2) is 7.90. The number of rotatable bonds is 7. The number of ether oxygens (including phenoxy) is 3. The molecule has 1 aromatic rings. The number of hydrogen-bond donors (Lipinski definition) is 2. The zero-order valence-electron chi connectivity index (χ0n) is 14.9. The number of hydrogen-bond acceptors (Lipinski definition) is 5. The van der Waals surface area contributed by atoms with Gasteiger partial charge in [0.05, 0.1) is 14.2 Å². The molecule has 1 aromatic carbocycles. The third-order valence-electron chi connectivity index (χ3n) is 3.60. The Morgan fingerprint density at radius 3 is 1.96 bits per heavy atom. The van der Waals surface area contributed by atoms with Gasteiger partial charge in [0.2, 0.25) is 0 Å². The molecule has 0 heterocycles. The fourth-order valence-electron chi connectivity index (χ4n) is 2.12. The summed E-state index contributed by atoms with van der Waals surface area (Å²) in [5.41, 5.74) is -0.350. The van der Waals surface area contributed by atoms with Crippen LogP contribution in [0.25, 0.3) is 0 Å². The lowest BCUT2D eigenvalue weighted by Crippen LogP contribution is -2.46. The van der Waals surface area contributed by atoms with Crippen LogP contribution < -0.4 is 14.8 Å². The molecule has 0 saturated carbocycles. The van der Waals surface area contributed by atoms with Gasteiger partial charge in [-0.05, 0) is 31.9 Å². The van der Waals surface area contributed by atoms with E-state index in [-0.39, 0.29) is 5.92 Å². The normalized spacial score (nSPS) is 12.5. The van der Waals surface area contributed by atoms with Crippen LogP contribution in [0.15, 0.2) is 18.2 Å². The third kappa shape index (κ3) is 5.04. The summed E-state index contributed by atoms with van der Waals surface area (Å²) in [5, 5.41) is 11.5. The van der Waals surface area contributed by atoms with E-state index in [1.807, 2.05) is 0 Å². The van der Waals surface area contributed by atoms with E-state index in [4.69, 9.17) is 19.3 Å². The molecule has 0 aromatic heterocycles. The molecule has 0 aliphatic heterocycles. The number of nitrogens with one attached hydrogen (secondary N) is 1. The van der Waals surface area contributed by atoms with Crippen LogP contribution in [0.4, 0.5) is 4.79 Å². The number of carbonyl (C=O) groups excluding carboxylic acids is 1. The Labute approximate surface area is 141 Å². The van der Waals surface area contributed by atoms with Crippen LogP contribution in [-0.2, 0) is 15.1 Å². The lowest BCUT2D eigenvalue weighted by Gasteiger charge is -2.28. The standard InChI is InChI=1S/C17H25NO6/c1-10(2)14(15(19)20)18-16(21)24-17(3,4)11-7-12(22-5)9-13(8-11)23-6/h7-10,14H,1-6H3,(H,18,21)(H,19,20)/t14-/m0/s1. The number of amides is 1. The summed E-state index contributed by atoms with van der Waals surface area (Å²) in [6, 6.07) is 4.15. The smallest absolute Gasteiger partial charge is 0.408 e. The molecule has 0 spiro atoms. The van der Waals surface area contributed by atoms with Gasteiger partial charge in [0, 0.05) is 11.6 Å². The average molecular weight is 339 g/mol. The molecule has 0 radical (unpaired) electrons. The number of carboxylic acid groups (broad SMARTS) is 1. The number of methoxy groups -OCH3 is 2. The van der Waals surface area contributed by atoms with Crippen LogP contribution in [0.5, 0.6) is 11.5 Å². The van der Waals surface area contributed by atoms with Crippen molar-refractivity contribution < 1.29 is 28.9 Å².